The number of fused-ring (bicyclic) bond motifs is 1. The van der Waals surface area contributed by atoms with Gasteiger partial charge in [-0.3, -0.25) is 10.2 Å². The highest BCUT2D eigenvalue weighted by Gasteiger charge is 2.56. The molecule has 3 rings (SSSR count). The van der Waals surface area contributed by atoms with Gasteiger partial charge in [-0.05, 0) is 24.1 Å². The summed E-state index contributed by atoms with van der Waals surface area (Å²) in [7, 11) is 0. The summed E-state index contributed by atoms with van der Waals surface area (Å²) < 4.78 is 5.84. The molecule has 0 bridgehead atoms. The van der Waals surface area contributed by atoms with Crippen molar-refractivity contribution < 1.29 is 4.74 Å². The fourth-order valence-corrected chi connectivity index (χ4v) is 2.24. The first-order valence-electron chi connectivity index (χ1n) is 4.08. The Kier molecular flexibility index (Phi) is 1.23. The van der Waals surface area contributed by atoms with E-state index in [-0.39, 0.29) is 0 Å². The summed E-state index contributed by atoms with van der Waals surface area (Å²) in [5.41, 5.74) is 0. The molecule has 2 aliphatic rings. The molecular formula is C7H9N3OS. The van der Waals surface area contributed by atoms with Crippen LogP contribution in [0.1, 0.15) is 11.7 Å². The van der Waals surface area contributed by atoms with Gasteiger partial charge in [-0.2, -0.15) is 0 Å². The molecule has 1 saturated carbocycles. The Morgan fingerprint density at radius 1 is 1.33 bits per heavy atom. The number of aromatic amines is 2. The Balaban J connectivity index is 1.89. The van der Waals surface area contributed by atoms with Gasteiger partial charge in [0, 0.05) is 5.92 Å². The smallest absolute Gasteiger partial charge is 0.213 e. The first-order valence-corrected chi connectivity index (χ1v) is 4.49. The van der Waals surface area contributed by atoms with Gasteiger partial charge >= 0.3 is 0 Å². The Morgan fingerprint density at radius 3 is 2.67 bits per heavy atom. The monoisotopic (exact) mass is 183 g/mol. The predicted molar refractivity (Wildman–Crippen MR) is 44.3 cm³/mol. The average Bonchev–Trinajstić information content (AvgIpc) is 2.55. The average molecular weight is 183 g/mol. The van der Waals surface area contributed by atoms with Crippen LogP contribution < -0.4 is 0 Å². The van der Waals surface area contributed by atoms with Gasteiger partial charge in [0.2, 0.25) is 4.77 Å². The van der Waals surface area contributed by atoms with Crippen LogP contribution >= 0.6 is 12.2 Å². The first kappa shape index (κ1) is 6.80. The topological polar surface area (TPSA) is 53.7 Å². The van der Waals surface area contributed by atoms with Gasteiger partial charge in [0.15, 0.2) is 0 Å². The van der Waals surface area contributed by atoms with Crippen LogP contribution in [0.4, 0.5) is 0 Å². The molecule has 1 aromatic heterocycles. The highest BCUT2D eigenvalue weighted by molar-refractivity contribution is 7.71. The van der Waals surface area contributed by atoms with Crippen molar-refractivity contribution in [3.63, 3.8) is 0 Å². The molecule has 0 radical (unpaired) electrons. The van der Waals surface area contributed by atoms with Crippen molar-refractivity contribution in [3.05, 3.63) is 10.6 Å². The standard InChI is InChI=1S/C7H9N3OS/c12-7-8-6(9-10-7)5-3-1-11-2-4(3)5/h3-5H,1-2H2,(H2,8,9,10,12). The molecule has 2 heterocycles. The maximum absolute atomic E-state index is 5.29. The number of rotatable bonds is 1. The number of aromatic nitrogens is 3. The van der Waals surface area contributed by atoms with E-state index in [1.54, 1.807) is 0 Å². The first-order chi connectivity index (χ1) is 5.86. The molecular weight excluding hydrogens is 174 g/mol. The predicted octanol–water partition coefficient (Wildman–Crippen LogP) is 0.827. The molecule has 1 aromatic rings. The summed E-state index contributed by atoms with van der Waals surface area (Å²) in [4.78, 5) is 4.20. The van der Waals surface area contributed by atoms with Gasteiger partial charge in [0.1, 0.15) is 5.82 Å². The quantitative estimate of drug-likeness (QED) is 0.634. The summed E-state index contributed by atoms with van der Waals surface area (Å²) in [6.07, 6.45) is 0. The summed E-state index contributed by atoms with van der Waals surface area (Å²) in [6.45, 7) is 1.78. The van der Waals surface area contributed by atoms with Crippen molar-refractivity contribution in [1.29, 1.82) is 0 Å². The molecule has 0 amide bonds. The van der Waals surface area contributed by atoms with Gasteiger partial charge < -0.3 is 4.74 Å². The van der Waals surface area contributed by atoms with Crippen LogP contribution in [0, 0.1) is 16.6 Å². The van der Waals surface area contributed by atoms with Gasteiger partial charge in [-0.15, -0.1) is 0 Å². The molecule has 1 saturated heterocycles. The second-order valence-electron chi connectivity index (χ2n) is 3.44. The molecule has 1 aliphatic carbocycles. The van der Waals surface area contributed by atoms with Crippen molar-refractivity contribution in [2.45, 2.75) is 5.92 Å². The van der Waals surface area contributed by atoms with E-state index in [0.717, 1.165) is 19.0 Å². The minimum absolute atomic E-state index is 0.552. The number of nitrogens with zero attached hydrogens (tertiary/aromatic N) is 1. The van der Waals surface area contributed by atoms with E-state index in [1.807, 2.05) is 0 Å². The van der Waals surface area contributed by atoms with Crippen LogP contribution in [0.2, 0.25) is 0 Å². The van der Waals surface area contributed by atoms with Crippen LogP contribution in [-0.4, -0.2) is 28.4 Å². The van der Waals surface area contributed by atoms with Gasteiger partial charge in [0.05, 0.1) is 13.2 Å². The Hall–Kier alpha value is -0.680. The van der Waals surface area contributed by atoms with Crippen molar-refractivity contribution >= 4 is 12.2 Å². The number of hydrogen-bond donors (Lipinski definition) is 2. The fourth-order valence-electron chi connectivity index (χ4n) is 2.09. The summed E-state index contributed by atoms with van der Waals surface area (Å²) >= 11 is 4.88. The molecule has 4 nitrogen and oxygen atoms in total. The molecule has 2 atom stereocenters. The van der Waals surface area contributed by atoms with Crippen LogP contribution in [0.25, 0.3) is 0 Å². The SMILES string of the molecule is S=c1nc(C2C3COCC32)[nH][nH]1. The van der Waals surface area contributed by atoms with Crippen molar-refractivity contribution in [1.82, 2.24) is 15.2 Å². The van der Waals surface area contributed by atoms with Crippen LogP contribution in [0.15, 0.2) is 0 Å². The van der Waals surface area contributed by atoms with Crippen molar-refractivity contribution in [2.75, 3.05) is 13.2 Å². The van der Waals surface area contributed by atoms with Crippen LogP contribution in [0.3, 0.4) is 0 Å². The number of ether oxygens (including phenoxy) is 1. The van der Waals surface area contributed by atoms with Gasteiger partial charge in [-0.1, -0.05) is 0 Å². The molecule has 12 heavy (non-hydrogen) atoms. The largest absolute Gasteiger partial charge is 0.381 e. The zero-order valence-corrected chi connectivity index (χ0v) is 7.23. The Morgan fingerprint density at radius 2 is 2.08 bits per heavy atom. The van der Waals surface area contributed by atoms with E-state index in [4.69, 9.17) is 17.0 Å². The lowest BCUT2D eigenvalue weighted by Gasteiger charge is -1.98. The maximum atomic E-state index is 5.29. The minimum atomic E-state index is 0.552. The number of hydrogen-bond acceptors (Lipinski definition) is 3. The maximum Gasteiger partial charge on any atom is 0.213 e. The zero-order valence-electron chi connectivity index (χ0n) is 6.41. The third kappa shape index (κ3) is 0.804. The fraction of sp³-hybridized carbons (Fsp3) is 0.714. The van der Waals surface area contributed by atoms with E-state index in [1.165, 1.54) is 0 Å². The molecule has 2 N–H and O–H groups in total. The second kappa shape index (κ2) is 2.17. The van der Waals surface area contributed by atoms with Gasteiger partial charge in [0.25, 0.3) is 0 Å². The van der Waals surface area contributed by atoms with E-state index < -0.39 is 0 Å². The molecule has 2 unspecified atom stereocenters. The van der Waals surface area contributed by atoms with E-state index >= 15 is 0 Å². The van der Waals surface area contributed by atoms with Crippen molar-refractivity contribution in [3.8, 4) is 0 Å². The molecule has 64 valence electrons. The third-order valence-electron chi connectivity index (χ3n) is 2.79. The minimum Gasteiger partial charge on any atom is -0.381 e. The Bertz CT molecular complexity index is 348. The van der Waals surface area contributed by atoms with Crippen molar-refractivity contribution in [2.24, 2.45) is 11.8 Å². The van der Waals surface area contributed by atoms with E-state index in [0.29, 0.717) is 22.5 Å². The van der Waals surface area contributed by atoms with E-state index in [9.17, 15) is 0 Å². The Labute approximate surface area is 74.3 Å². The van der Waals surface area contributed by atoms with E-state index in [2.05, 4.69) is 15.2 Å². The summed E-state index contributed by atoms with van der Waals surface area (Å²) in [5, 5.41) is 5.82. The van der Waals surface area contributed by atoms with Crippen LogP contribution in [-0.2, 0) is 4.74 Å². The second-order valence-corrected chi connectivity index (χ2v) is 3.83. The summed E-state index contributed by atoms with van der Waals surface area (Å²) in [6, 6.07) is 0. The lowest BCUT2D eigenvalue weighted by atomic mass is 10.3. The molecule has 2 fully saturated rings. The highest BCUT2D eigenvalue weighted by Crippen LogP contribution is 2.56. The number of H-pyrrole nitrogens is 2. The van der Waals surface area contributed by atoms with Gasteiger partial charge in [-0.25, -0.2) is 4.98 Å². The third-order valence-corrected chi connectivity index (χ3v) is 2.98. The highest BCUT2D eigenvalue weighted by atomic mass is 32.1. The molecule has 5 heteroatoms. The number of nitrogens with one attached hydrogen (secondary N) is 2. The lowest BCUT2D eigenvalue weighted by molar-refractivity contribution is 0.159. The molecule has 0 spiro atoms. The zero-order chi connectivity index (χ0) is 8.13. The van der Waals surface area contributed by atoms with Crippen LogP contribution in [0.5, 0.6) is 0 Å². The summed E-state index contributed by atoms with van der Waals surface area (Å²) in [5.74, 6) is 2.97. The molecule has 0 aromatic carbocycles. The normalized spacial score (nSPS) is 38.2. The lowest BCUT2D eigenvalue weighted by Crippen LogP contribution is -1.98. The molecule has 1 aliphatic heterocycles.